The van der Waals surface area contributed by atoms with Crippen LogP contribution in [0.2, 0.25) is 0 Å². The number of aryl methyl sites for hydroxylation is 2. The summed E-state index contributed by atoms with van der Waals surface area (Å²) in [5.41, 5.74) is 11.7. The van der Waals surface area contributed by atoms with Crippen molar-refractivity contribution in [2.24, 2.45) is 0 Å². The Kier molecular flexibility index (Phi) is 11.7. The van der Waals surface area contributed by atoms with Gasteiger partial charge in [-0.15, -0.1) is 0 Å². The van der Waals surface area contributed by atoms with Gasteiger partial charge in [0.1, 0.15) is 0 Å². The molecule has 160 valence electrons. The van der Waals surface area contributed by atoms with Crippen LogP contribution in [0.4, 0.5) is 0 Å². The van der Waals surface area contributed by atoms with Crippen molar-refractivity contribution in [3.8, 4) is 0 Å². The van der Waals surface area contributed by atoms with Crippen molar-refractivity contribution in [3.05, 3.63) is 81.0 Å². The van der Waals surface area contributed by atoms with E-state index in [-0.39, 0.29) is 0 Å². The molecule has 1 aromatic carbocycles. The van der Waals surface area contributed by atoms with Crippen LogP contribution in [-0.2, 0) is 6.42 Å². The van der Waals surface area contributed by atoms with Crippen LogP contribution < -0.4 is 0 Å². The largest absolute Gasteiger partial charge is 0.0856 e. The molecule has 0 unspecified atom stereocenters. The lowest BCUT2D eigenvalue weighted by atomic mass is 9.97. The zero-order valence-electron chi connectivity index (χ0n) is 20.4. The van der Waals surface area contributed by atoms with Gasteiger partial charge in [-0.2, -0.15) is 0 Å². The average molecular weight is 393 g/mol. The molecule has 0 bridgehead atoms. The van der Waals surface area contributed by atoms with Gasteiger partial charge < -0.3 is 0 Å². The lowest BCUT2D eigenvalue weighted by Gasteiger charge is -2.09. The lowest BCUT2D eigenvalue weighted by Crippen LogP contribution is -1.93. The summed E-state index contributed by atoms with van der Waals surface area (Å²) in [4.78, 5) is 0. The van der Waals surface area contributed by atoms with E-state index in [4.69, 9.17) is 0 Å². The molecule has 1 aromatic rings. The summed E-state index contributed by atoms with van der Waals surface area (Å²) in [6.07, 6.45) is 17.7. The van der Waals surface area contributed by atoms with Gasteiger partial charge in [0.2, 0.25) is 0 Å². The highest BCUT2D eigenvalue weighted by molar-refractivity contribution is 5.38. The minimum Gasteiger partial charge on any atom is -0.0856 e. The van der Waals surface area contributed by atoms with Gasteiger partial charge in [-0.1, -0.05) is 64.3 Å². The Balaban J connectivity index is 2.40. The molecule has 0 atom stereocenters. The molecule has 0 saturated heterocycles. The standard InChI is InChI=1S/C29H44/c1-22(2)12-9-13-23(3)14-10-15-24(4)16-11-17-25(5)18-19-29-21-26(6)20-27(7)28(29)8/h12,14,16,18,20-21H,9-11,13,15,17,19H2,1-8H3/b23-14+,24-16+,25-18+. The van der Waals surface area contributed by atoms with Crippen molar-refractivity contribution in [1.29, 1.82) is 0 Å². The first-order chi connectivity index (χ1) is 13.7. The van der Waals surface area contributed by atoms with E-state index in [0.717, 1.165) is 12.8 Å². The molecule has 0 aromatic heterocycles. The van der Waals surface area contributed by atoms with Crippen LogP contribution in [0.5, 0.6) is 0 Å². The van der Waals surface area contributed by atoms with E-state index in [1.165, 1.54) is 76.7 Å². The molecule has 29 heavy (non-hydrogen) atoms. The summed E-state index contributed by atoms with van der Waals surface area (Å²) in [6.45, 7) is 17.8. The Morgan fingerprint density at radius 3 is 1.66 bits per heavy atom. The highest BCUT2D eigenvalue weighted by Gasteiger charge is 2.02. The minimum absolute atomic E-state index is 1.06. The first-order valence-electron chi connectivity index (χ1n) is 11.4. The van der Waals surface area contributed by atoms with Crippen LogP contribution in [-0.4, -0.2) is 0 Å². The topological polar surface area (TPSA) is 0 Å². The van der Waals surface area contributed by atoms with Gasteiger partial charge in [0.25, 0.3) is 0 Å². The highest BCUT2D eigenvalue weighted by Crippen LogP contribution is 2.18. The van der Waals surface area contributed by atoms with E-state index in [2.05, 4.69) is 91.8 Å². The van der Waals surface area contributed by atoms with Crippen molar-refractivity contribution in [2.45, 2.75) is 100 Å². The van der Waals surface area contributed by atoms with E-state index in [0.29, 0.717) is 0 Å². The van der Waals surface area contributed by atoms with Crippen molar-refractivity contribution in [3.63, 3.8) is 0 Å². The zero-order chi connectivity index (χ0) is 21.8. The maximum Gasteiger partial charge on any atom is -0.00920 e. The molecule has 0 aliphatic carbocycles. The predicted molar refractivity (Wildman–Crippen MR) is 133 cm³/mol. The second kappa shape index (κ2) is 13.4. The second-order valence-corrected chi connectivity index (χ2v) is 9.12. The molecule has 0 spiro atoms. The third-order valence-corrected chi connectivity index (χ3v) is 5.74. The van der Waals surface area contributed by atoms with Gasteiger partial charge in [0.15, 0.2) is 0 Å². The Labute approximate surface area is 181 Å². The Bertz CT molecular complexity index is 761. The SMILES string of the molecule is CC(C)=CCC/C(C)=C/CC/C(C)=C/CC/C(C)=C/Cc1cc(C)cc(C)c1C. The molecule has 1 rings (SSSR count). The van der Waals surface area contributed by atoms with Crippen LogP contribution in [0.25, 0.3) is 0 Å². The summed E-state index contributed by atoms with van der Waals surface area (Å²) in [5, 5.41) is 0. The first kappa shape index (κ1) is 25.2. The summed E-state index contributed by atoms with van der Waals surface area (Å²) < 4.78 is 0. The average Bonchev–Trinajstić information content (AvgIpc) is 2.63. The molecular weight excluding hydrogens is 348 g/mol. The van der Waals surface area contributed by atoms with Gasteiger partial charge in [-0.05, 0) is 117 Å². The zero-order valence-corrected chi connectivity index (χ0v) is 20.4. The molecule has 0 N–H and O–H groups in total. The van der Waals surface area contributed by atoms with Crippen LogP contribution >= 0.6 is 0 Å². The summed E-state index contributed by atoms with van der Waals surface area (Å²) in [5.74, 6) is 0. The monoisotopic (exact) mass is 392 g/mol. The highest BCUT2D eigenvalue weighted by atomic mass is 14.1. The molecule has 0 amide bonds. The van der Waals surface area contributed by atoms with Gasteiger partial charge in [0.05, 0.1) is 0 Å². The van der Waals surface area contributed by atoms with Gasteiger partial charge >= 0.3 is 0 Å². The maximum atomic E-state index is 2.44. The third-order valence-electron chi connectivity index (χ3n) is 5.74. The smallest absolute Gasteiger partial charge is 0.00920 e. The third kappa shape index (κ3) is 11.1. The van der Waals surface area contributed by atoms with Crippen LogP contribution in [0, 0.1) is 20.8 Å². The molecule has 0 heterocycles. The van der Waals surface area contributed by atoms with Crippen LogP contribution in [0.1, 0.15) is 95.4 Å². The Hall–Kier alpha value is -1.82. The van der Waals surface area contributed by atoms with Crippen molar-refractivity contribution < 1.29 is 0 Å². The van der Waals surface area contributed by atoms with Gasteiger partial charge in [-0.25, -0.2) is 0 Å². The molecule has 0 saturated carbocycles. The van der Waals surface area contributed by atoms with Crippen molar-refractivity contribution in [2.75, 3.05) is 0 Å². The van der Waals surface area contributed by atoms with E-state index in [1.807, 2.05) is 0 Å². The number of hydrogen-bond acceptors (Lipinski definition) is 0. The molecule has 0 fully saturated rings. The molecule has 0 heteroatoms. The first-order valence-corrected chi connectivity index (χ1v) is 11.4. The molecule has 0 radical (unpaired) electrons. The quantitative estimate of drug-likeness (QED) is 0.329. The fourth-order valence-corrected chi connectivity index (χ4v) is 3.61. The van der Waals surface area contributed by atoms with E-state index in [1.54, 1.807) is 0 Å². The Morgan fingerprint density at radius 1 is 0.655 bits per heavy atom. The van der Waals surface area contributed by atoms with Crippen LogP contribution in [0.3, 0.4) is 0 Å². The number of hydrogen-bond donors (Lipinski definition) is 0. The molecule has 0 aliphatic rings. The summed E-state index contributed by atoms with van der Waals surface area (Å²) in [6, 6.07) is 4.62. The number of rotatable bonds is 11. The lowest BCUT2D eigenvalue weighted by molar-refractivity contribution is 0.898. The maximum absolute atomic E-state index is 2.44. The van der Waals surface area contributed by atoms with E-state index >= 15 is 0 Å². The predicted octanol–water partition coefficient (Wildman–Crippen LogP) is 9.30. The van der Waals surface area contributed by atoms with Crippen molar-refractivity contribution in [1.82, 2.24) is 0 Å². The fourth-order valence-electron chi connectivity index (χ4n) is 3.61. The van der Waals surface area contributed by atoms with E-state index < -0.39 is 0 Å². The van der Waals surface area contributed by atoms with Crippen molar-refractivity contribution >= 4 is 0 Å². The Morgan fingerprint density at radius 2 is 1.14 bits per heavy atom. The van der Waals surface area contributed by atoms with Gasteiger partial charge in [-0.3, -0.25) is 0 Å². The summed E-state index contributed by atoms with van der Waals surface area (Å²) in [7, 11) is 0. The fraction of sp³-hybridized carbons (Fsp3) is 0.517. The van der Waals surface area contributed by atoms with E-state index in [9.17, 15) is 0 Å². The molecule has 0 nitrogen and oxygen atoms in total. The van der Waals surface area contributed by atoms with Gasteiger partial charge in [0, 0.05) is 0 Å². The second-order valence-electron chi connectivity index (χ2n) is 9.12. The summed E-state index contributed by atoms with van der Waals surface area (Å²) >= 11 is 0. The normalized spacial score (nSPS) is 13.0. The number of allylic oxidation sites excluding steroid dienone is 8. The molecule has 0 aliphatic heterocycles. The van der Waals surface area contributed by atoms with Crippen LogP contribution in [0.15, 0.2) is 58.7 Å². The molecular formula is C29H44. The number of benzene rings is 1. The minimum atomic E-state index is 1.06.